The zero-order chi connectivity index (χ0) is 18.7. The third kappa shape index (κ3) is 3.75. The summed E-state index contributed by atoms with van der Waals surface area (Å²) in [7, 11) is 0. The standard InChI is InChI=1S/C18H15N3O5/c19-12-3-1-5-14(9-12)25-16-7-11(18(22)23)8-17(21(16)24)26-15-6-2-4-13(20)10-15/h1-10H,19-20H2,(H,22,23). The van der Waals surface area contributed by atoms with Crippen molar-refractivity contribution in [3.8, 4) is 23.3 Å². The van der Waals surface area contributed by atoms with Crippen molar-refractivity contribution in [3.05, 3.63) is 71.4 Å². The fourth-order valence-electron chi connectivity index (χ4n) is 2.20. The monoisotopic (exact) mass is 353 g/mol. The summed E-state index contributed by atoms with van der Waals surface area (Å²) in [6.45, 7) is 0. The predicted molar refractivity (Wildman–Crippen MR) is 94.2 cm³/mol. The Bertz CT molecular complexity index is 906. The van der Waals surface area contributed by atoms with Crippen molar-refractivity contribution in [1.82, 2.24) is 0 Å². The molecule has 0 aliphatic heterocycles. The van der Waals surface area contributed by atoms with Crippen molar-refractivity contribution >= 4 is 17.3 Å². The molecule has 132 valence electrons. The van der Waals surface area contributed by atoms with Gasteiger partial charge in [0.15, 0.2) is 0 Å². The van der Waals surface area contributed by atoms with Crippen LogP contribution in [-0.4, -0.2) is 11.1 Å². The van der Waals surface area contributed by atoms with Gasteiger partial charge < -0.3 is 31.3 Å². The first-order valence-corrected chi connectivity index (χ1v) is 7.50. The molecule has 0 bridgehead atoms. The summed E-state index contributed by atoms with van der Waals surface area (Å²) in [5.74, 6) is -1.21. The highest BCUT2D eigenvalue weighted by atomic mass is 16.6. The molecule has 0 amide bonds. The van der Waals surface area contributed by atoms with E-state index in [1.54, 1.807) is 36.4 Å². The highest BCUT2D eigenvalue weighted by Crippen LogP contribution is 2.26. The molecule has 0 spiro atoms. The molecule has 8 heteroatoms. The number of hydrogen-bond donors (Lipinski definition) is 3. The molecule has 8 nitrogen and oxygen atoms in total. The van der Waals surface area contributed by atoms with Crippen molar-refractivity contribution < 1.29 is 24.1 Å². The zero-order valence-corrected chi connectivity index (χ0v) is 13.5. The van der Waals surface area contributed by atoms with Gasteiger partial charge in [0.1, 0.15) is 11.5 Å². The lowest BCUT2D eigenvalue weighted by Gasteiger charge is -2.11. The molecule has 3 aromatic rings. The van der Waals surface area contributed by atoms with E-state index in [2.05, 4.69) is 0 Å². The van der Waals surface area contributed by atoms with Crippen molar-refractivity contribution in [2.24, 2.45) is 0 Å². The minimum Gasteiger partial charge on any atom is -0.613 e. The number of aromatic nitrogens is 1. The molecule has 0 radical (unpaired) electrons. The van der Waals surface area contributed by atoms with Crippen molar-refractivity contribution in [2.45, 2.75) is 0 Å². The normalized spacial score (nSPS) is 10.3. The van der Waals surface area contributed by atoms with Crippen LogP contribution in [0, 0.1) is 5.21 Å². The number of ether oxygens (including phenoxy) is 2. The third-order valence-corrected chi connectivity index (χ3v) is 3.37. The minimum absolute atomic E-state index is 0.171. The van der Waals surface area contributed by atoms with Gasteiger partial charge in [0, 0.05) is 23.5 Å². The average molecular weight is 353 g/mol. The predicted octanol–water partition coefficient (Wildman–Crippen LogP) is 2.77. The van der Waals surface area contributed by atoms with Gasteiger partial charge in [-0.2, -0.15) is 0 Å². The second-order valence-electron chi connectivity index (χ2n) is 5.37. The molecular formula is C18H15N3O5. The van der Waals surface area contributed by atoms with E-state index in [1.807, 2.05) is 0 Å². The van der Waals surface area contributed by atoms with Gasteiger partial charge in [-0.1, -0.05) is 16.9 Å². The van der Waals surface area contributed by atoms with E-state index < -0.39 is 5.97 Å². The van der Waals surface area contributed by atoms with Crippen LogP contribution < -0.4 is 25.7 Å². The first kappa shape index (κ1) is 16.9. The number of nitrogens with zero attached hydrogens (tertiary/aromatic N) is 1. The molecule has 1 heterocycles. The molecule has 0 aliphatic rings. The van der Waals surface area contributed by atoms with Crippen LogP contribution in [0.25, 0.3) is 0 Å². The molecule has 26 heavy (non-hydrogen) atoms. The third-order valence-electron chi connectivity index (χ3n) is 3.37. The lowest BCUT2D eigenvalue weighted by molar-refractivity contribution is -0.616. The van der Waals surface area contributed by atoms with E-state index in [1.165, 1.54) is 12.1 Å². The van der Waals surface area contributed by atoms with E-state index in [9.17, 15) is 15.1 Å². The number of benzene rings is 2. The Kier molecular flexibility index (Phi) is 4.48. The number of nitrogens with two attached hydrogens (primary N) is 2. The number of rotatable bonds is 5. The zero-order valence-electron chi connectivity index (χ0n) is 13.5. The van der Waals surface area contributed by atoms with Crippen LogP contribution >= 0.6 is 0 Å². The topological polar surface area (TPSA) is 135 Å². The van der Waals surface area contributed by atoms with E-state index in [0.29, 0.717) is 16.1 Å². The minimum atomic E-state index is -1.24. The number of hydrogen-bond acceptors (Lipinski definition) is 6. The van der Waals surface area contributed by atoms with E-state index in [-0.39, 0.29) is 28.8 Å². The van der Waals surface area contributed by atoms with Gasteiger partial charge in [0.2, 0.25) is 0 Å². The molecule has 0 saturated heterocycles. The molecule has 0 atom stereocenters. The SMILES string of the molecule is Nc1cccc(Oc2cc(C(=O)O)cc(Oc3cccc(N)c3)[n+]2[O-])c1. The maximum atomic E-state index is 12.5. The van der Waals surface area contributed by atoms with Gasteiger partial charge >= 0.3 is 17.7 Å². The molecule has 1 aromatic heterocycles. The lowest BCUT2D eigenvalue weighted by atomic mass is 10.2. The summed E-state index contributed by atoms with van der Waals surface area (Å²) < 4.78 is 11.3. The second-order valence-corrected chi connectivity index (χ2v) is 5.37. The second kappa shape index (κ2) is 6.89. The Labute approximate surface area is 148 Å². The smallest absolute Gasteiger partial charge is 0.388 e. The van der Waals surface area contributed by atoms with Crippen LogP contribution in [0.1, 0.15) is 10.4 Å². The van der Waals surface area contributed by atoms with Crippen molar-refractivity contribution in [2.75, 3.05) is 11.5 Å². The van der Waals surface area contributed by atoms with Crippen LogP contribution in [0.4, 0.5) is 11.4 Å². The van der Waals surface area contributed by atoms with E-state index >= 15 is 0 Å². The van der Waals surface area contributed by atoms with Gasteiger partial charge in [0.05, 0.1) is 17.7 Å². The van der Waals surface area contributed by atoms with E-state index in [4.69, 9.17) is 20.9 Å². The highest BCUT2D eigenvalue weighted by molar-refractivity contribution is 5.88. The Morgan fingerprint density at radius 1 is 0.885 bits per heavy atom. The molecule has 5 N–H and O–H groups in total. The fourth-order valence-corrected chi connectivity index (χ4v) is 2.20. The molecule has 0 fully saturated rings. The van der Waals surface area contributed by atoms with Gasteiger partial charge in [-0.3, -0.25) is 0 Å². The van der Waals surface area contributed by atoms with Crippen LogP contribution in [0.15, 0.2) is 60.7 Å². The maximum Gasteiger partial charge on any atom is 0.388 e. The molecule has 0 aliphatic carbocycles. The first-order chi connectivity index (χ1) is 12.4. The summed E-state index contributed by atoms with van der Waals surface area (Å²) in [4.78, 5) is 11.4. The van der Waals surface area contributed by atoms with Gasteiger partial charge in [0.25, 0.3) is 0 Å². The van der Waals surface area contributed by atoms with Crippen molar-refractivity contribution in [3.63, 3.8) is 0 Å². The summed E-state index contributed by atoms with van der Waals surface area (Å²) in [6.07, 6.45) is 0. The van der Waals surface area contributed by atoms with Gasteiger partial charge in [-0.25, -0.2) is 4.79 Å². The molecule has 0 saturated carbocycles. The number of aromatic carboxylic acids is 1. The van der Waals surface area contributed by atoms with Crippen molar-refractivity contribution in [1.29, 1.82) is 0 Å². The van der Waals surface area contributed by atoms with E-state index in [0.717, 1.165) is 12.1 Å². The Hall–Kier alpha value is -3.94. The Morgan fingerprint density at radius 3 is 1.73 bits per heavy atom. The highest BCUT2D eigenvalue weighted by Gasteiger charge is 2.21. The van der Waals surface area contributed by atoms with Crippen LogP contribution in [0.3, 0.4) is 0 Å². The summed E-state index contributed by atoms with van der Waals surface area (Å²) in [5, 5.41) is 21.8. The largest absolute Gasteiger partial charge is 0.613 e. The lowest BCUT2D eigenvalue weighted by Crippen LogP contribution is -2.31. The first-order valence-electron chi connectivity index (χ1n) is 7.50. The van der Waals surface area contributed by atoms with Crippen LogP contribution in [0.2, 0.25) is 0 Å². The summed E-state index contributed by atoms with van der Waals surface area (Å²) in [5.41, 5.74) is 12.1. The molecular weight excluding hydrogens is 338 g/mol. The number of anilines is 2. The quantitative estimate of drug-likeness (QED) is 0.364. The fraction of sp³-hybridized carbons (Fsp3) is 0. The van der Waals surface area contributed by atoms with Gasteiger partial charge in [-0.05, 0) is 24.3 Å². The average Bonchev–Trinajstić information content (AvgIpc) is 2.58. The number of pyridine rings is 1. The van der Waals surface area contributed by atoms with Gasteiger partial charge in [-0.15, -0.1) is 0 Å². The Morgan fingerprint density at radius 2 is 1.35 bits per heavy atom. The Balaban J connectivity index is 2.01. The molecule has 0 unspecified atom stereocenters. The summed E-state index contributed by atoms with van der Waals surface area (Å²) >= 11 is 0. The summed E-state index contributed by atoms with van der Waals surface area (Å²) in [6, 6.07) is 15.0. The number of carboxylic acids is 1. The molecule has 2 aromatic carbocycles. The molecule has 3 rings (SSSR count). The number of nitrogen functional groups attached to an aromatic ring is 2. The maximum absolute atomic E-state index is 12.5. The number of carbonyl (C=O) groups is 1. The number of carboxylic acid groups (broad SMARTS) is 1. The van der Waals surface area contributed by atoms with Crippen LogP contribution in [-0.2, 0) is 0 Å². The van der Waals surface area contributed by atoms with Crippen LogP contribution in [0.5, 0.6) is 23.3 Å².